The lowest BCUT2D eigenvalue weighted by molar-refractivity contribution is 0.249. The van der Waals surface area contributed by atoms with Crippen LogP contribution in [0.5, 0.6) is 0 Å². The summed E-state index contributed by atoms with van der Waals surface area (Å²) in [7, 11) is 0. The highest BCUT2D eigenvalue weighted by atomic mass is 15.3. The van der Waals surface area contributed by atoms with Gasteiger partial charge in [0.15, 0.2) is 5.82 Å². The molecule has 0 saturated carbocycles. The van der Waals surface area contributed by atoms with E-state index in [4.69, 9.17) is 0 Å². The number of aromatic nitrogens is 4. The highest BCUT2D eigenvalue weighted by Gasteiger charge is 2.20. The molecule has 0 unspecified atom stereocenters. The van der Waals surface area contributed by atoms with Crippen molar-refractivity contribution in [1.82, 2.24) is 24.8 Å². The first-order valence-corrected chi connectivity index (χ1v) is 8.88. The molecule has 7 heteroatoms. The molecule has 0 atom stereocenters. The van der Waals surface area contributed by atoms with Gasteiger partial charge in [0, 0.05) is 63.1 Å². The summed E-state index contributed by atoms with van der Waals surface area (Å²) < 4.78 is 0. The predicted octanol–water partition coefficient (Wildman–Crippen LogP) is 2.13. The van der Waals surface area contributed by atoms with Crippen LogP contribution in [0.4, 0.5) is 5.82 Å². The number of hydrogen-bond acceptors (Lipinski definition) is 7. The zero-order valence-electron chi connectivity index (χ0n) is 14.9. The van der Waals surface area contributed by atoms with Crippen LogP contribution in [0.2, 0.25) is 0 Å². The van der Waals surface area contributed by atoms with Gasteiger partial charge in [-0.25, -0.2) is 15.0 Å². The van der Waals surface area contributed by atoms with Crippen LogP contribution < -0.4 is 4.90 Å². The fourth-order valence-electron chi connectivity index (χ4n) is 3.18. The van der Waals surface area contributed by atoms with Crippen LogP contribution in [-0.2, 0) is 6.54 Å². The average molecular weight is 357 g/mol. The topological polar surface area (TPSA) is 81.8 Å². The van der Waals surface area contributed by atoms with Crippen LogP contribution >= 0.6 is 0 Å². The van der Waals surface area contributed by atoms with Gasteiger partial charge in [0.25, 0.3) is 0 Å². The molecule has 0 aliphatic carbocycles. The Morgan fingerprint density at radius 3 is 2.37 bits per heavy atom. The van der Waals surface area contributed by atoms with Gasteiger partial charge < -0.3 is 4.90 Å². The number of hydrogen-bond donors (Lipinski definition) is 0. The Labute approximate surface area is 158 Å². The van der Waals surface area contributed by atoms with Crippen LogP contribution in [0.1, 0.15) is 11.1 Å². The van der Waals surface area contributed by atoms with Gasteiger partial charge in [-0.15, -0.1) is 0 Å². The fraction of sp³-hybridized carbons (Fsp3) is 0.250. The number of nitrogens with zero attached hydrogens (tertiary/aromatic N) is 7. The smallest absolute Gasteiger partial charge is 0.178 e. The molecule has 1 fully saturated rings. The quantitative estimate of drug-likeness (QED) is 0.707. The van der Waals surface area contributed by atoms with Gasteiger partial charge in [0.05, 0.1) is 5.56 Å². The summed E-state index contributed by atoms with van der Waals surface area (Å²) >= 11 is 0. The molecular weight excluding hydrogens is 338 g/mol. The molecule has 1 saturated heterocycles. The third kappa shape index (κ3) is 3.91. The fourth-order valence-corrected chi connectivity index (χ4v) is 3.18. The van der Waals surface area contributed by atoms with Crippen molar-refractivity contribution in [3.8, 4) is 17.6 Å². The van der Waals surface area contributed by atoms with Gasteiger partial charge in [-0.05, 0) is 24.3 Å². The summed E-state index contributed by atoms with van der Waals surface area (Å²) in [5, 5.41) is 9.26. The Balaban J connectivity index is 1.36. The van der Waals surface area contributed by atoms with Gasteiger partial charge >= 0.3 is 0 Å². The number of rotatable bonds is 4. The minimum Gasteiger partial charge on any atom is -0.353 e. The molecule has 27 heavy (non-hydrogen) atoms. The molecule has 4 heterocycles. The molecule has 134 valence electrons. The summed E-state index contributed by atoms with van der Waals surface area (Å²) in [6, 6.07) is 11.5. The monoisotopic (exact) mass is 357 g/mol. The standard InChI is InChI=1S/C20H19N7/c21-12-17-4-3-7-23-20(17)27-10-8-26(9-11-27)15-16-13-24-19(25-14-16)18-5-1-2-6-22-18/h1-7,13-14H,8-11,15H2. The maximum atomic E-state index is 9.26. The maximum absolute atomic E-state index is 9.26. The van der Waals surface area contributed by atoms with E-state index in [1.807, 2.05) is 36.7 Å². The lowest BCUT2D eigenvalue weighted by Gasteiger charge is -2.35. The van der Waals surface area contributed by atoms with Gasteiger partial charge in [0.2, 0.25) is 0 Å². The van der Waals surface area contributed by atoms with E-state index in [-0.39, 0.29) is 0 Å². The lowest BCUT2D eigenvalue weighted by atomic mass is 10.2. The molecule has 7 nitrogen and oxygen atoms in total. The number of nitriles is 1. The second-order valence-electron chi connectivity index (χ2n) is 6.38. The van der Waals surface area contributed by atoms with Crippen LogP contribution in [0.25, 0.3) is 11.5 Å². The molecule has 3 aromatic heterocycles. The summed E-state index contributed by atoms with van der Waals surface area (Å²) in [4.78, 5) is 22.1. The SMILES string of the molecule is N#Cc1cccnc1N1CCN(Cc2cnc(-c3ccccn3)nc2)CC1. The highest BCUT2D eigenvalue weighted by Crippen LogP contribution is 2.19. The Kier molecular flexibility index (Phi) is 4.99. The van der Waals surface area contributed by atoms with E-state index in [0.29, 0.717) is 11.4 Å². The summed E-state index contributed by atoms with van der Waals surface area (Å²) in [5.41, 5.74) is 2.49. The third-order valence-electron chi connectivity index (χ3n) is 4.58. The first-order chi connectivity index (χ1) is 13.3. The molecule has 0 radical (unpaired) electrons. The second-order valence-corrected chi connectivity index (χ2v) is 6.38. The molecule has 0 aromatic carbocycles. The van der Waals surface area contributed by atoms with Crippen molar-refractivity contribution in [3.05, 3.63) is 66.2 Å². The van der Waals surface area contributed by atoms with Gasteiger partial charge in [-0.1, -0.05) is 6.07 Å². The van der Waals surface area contributed by atoms with Gasteiger partial charge in [0.1, 0.15) is 17.6 Å². The van der Waals surface area contributed by atoms with E-state index < -0.39 is 0 Å². The zero-order valence-corrected chi connectivity index (χ0v) is 14.9. The van der Waals surface area contributed by atoms with E-state index in [9.17, 15) is 5.26 Å². The molecule has 0 bridgehead atoms. The molecule has 0 spiro atoms. The van der Waals surface area contributed by atoms with Gasteiger partial charge in [-0.2, -0.15) is 5.26 Å². The highest BCUT2D eigenvalue weighted by molar-refractivity contribution is 5.53. The molecule has 1 aliphatic rings. The number of anilines is 1. The Morgan fingerprint density at radius 2 is 1.67 bits per heavy atom. The average Bonchev–Trinajstić information content (AvgIpc) is 2.75. The molecule has 0 amide bonds. The van der Waals surface area contributed by atoms with Crippen molar-refractivity contribution in [2.24, 2.45) is 0 Å². The van der Waals surface area contributed by atoms with Crippen LogP contribution in [-0.4, -0.2) is 51.0 Å². The van der Waals surface area contributed by atoms with E-state index >= 15 is 0 Å². The maximum Gasteiger partial charge on any atom is 0.178 e. The Bertz CT molecular complexity index is 927. The minimum absolute atomic E-state index is 0.629. The van der Waals surface area contributed by atoms with Crippen molar-refractivity contribution in [2.45, 2.75) is 6.54 Å². The molecule has 4 rings (SSSR count). The molecule has 0 N–H and O–H groups in total. The Hall–Kier alpha value is -3.37. The third-order valence-corrected chi connectivity index (χ3v) is 4.58. The largest absolute Gasteiger partial charge is 0.353 e. The van der Waals surface area contributed by atoms with E-state index in [1.54, 1.807) is 18.5 Å². The van der Waals surface area contributed by atoms with Crippen molar-refractivity contribution in [3.63, 3.8) is 0 Å². The van der Waals surface area contributed by atoms with Crippen LogP contribution in [0.15, 0.2) is 55.1 Å². The normalized spacial score (nSPS) is 14.7. The number of piperazine rings is 1. The molecular formula is C20H19N7. The first kappa shape index (κ1) is 17.1. The molecule has 1 aliphatic heterocycles. The van der Waals surface area contributed by atoms with Crippen molar-refractivity contribution >= 4 is 5.82 Å². The van der Waals surface area contributed by atoms with Crippen molar-refractivity contribution < 1.29 is 0 Å². The predicted molar refractivity (Wildman–Crippen MR) is 102 cm³/mol. The molecule has 3 aromatic rings. The van der Waals surface area contributed by atoms with Crippen LogP contribution in [0, 0.1) is 11.3 Å². The second kappa shape index (κ2) is 7.89. The van der Waals surface area contributed by atoms with E-state index in [2.05, 4.69) is 35.8 Å². The van der Waals surface area contributed by atoms with Crippen LogP contribution in [0.3, 0.4) is 0 Å². The van der Waals surface area contributed by atoms with Crippen molar-refractivity contribution in [2.75, 3.05) is 31.1 Å². The number of pyridine rings is 2. The summed E-state index contributed by atoms with van der Waals surface area (Å²) in [6.07, 6.45) is 7.22. The van der Waals surface area contributed by atoms with E-state index in [1.165, 1.54) is 0 Å². The van der Waals surface area contributed by atoms with Gasteiger partial charge in [-0.3, -0.25) is 9.88 Å². The summed E-state index contributed by atoms with van der Waals surface area (Å²) in [6.45, 7) is 4.31. The van der Waals surface area contributed by atoms with Crippen molar-refractivity contribution in [1.29, 1.82) is 5.26 Å². The lowest BCUT2D eigenvalue weighted by Crippen LogP contribution is -2.46. The minimum atomic E-state index is 0.629. The summed E-state index contributed by atoms with van der Waals surface area (Å²) in [5.74, 6) is 1.42. The van der Waals surface area contributed by atoms with E-state index in [0.717, 1.165) is 49.8 Å². The first-order valence-electron chi connectivity index (χ1n) is 8.88. The Morgan fingerprint density at radius 1 is 0.889 bits per heavy atom. The zero-order chi connectivity index (χ0) is 18.5.